The zero-order valence-corrected chi connectivity index (χ0v) is 7.25. The van der Waals surface area contributed by atoms with Crippen molar-refractivity contribution in [3.05, 3.63) is 0 Å². The Balaban J connectivity index is 2.35. The first kappa shape index (κ1) is 9.48. The number of morpholine rings is 1. The van der Waals surface area contributed by atoms with Crippen LogP contribution in [0.4, 0.5) is 0 Å². The van der Waals surface area contributed by atoms with Gasteiger partial charge in [-0.1, -0.05) is 13.3 Å². The molecule has 2 unspecified atom stereocenters. The van der Waals surface area contributed by atoms with Crippen LogP contribution in [0.15, 0.2) is 0 Å². The summed E-state index contributed by atoms with van der Waals surface area (Å²) in [4.78, 5) is 10.6. The van der Waals surface area contributed by atoms with Gasteiger partial charge in [-0.25, -0.2) is 0 Å². The first-order valence-electron chi connectivity index (χ1n) is 4.30. The molecule has 0 aromatic heterocycles. The maximum absolute atomic E-state index is 10.6. The van der Waals surface area contributed by atoms with Crippen LogP contribution in [0.1, 0.15) is 19.8 Å². The van der Waals surface area contributed by atoms with Crippen LogP contribution in [0.3, 0.4) is 0 Å². The van der Waals surface area contributed by atoms with Crippen LogP contribution in [0, 0.1) is 0 Å². The average Bonchev–Trinajstić information content (AvgIpc) is 2.05. The molecule has 1 rings (SSSR count). The third-order valence-corrected chi connectivity index (χ3v) is 1.98. The minimum atomic E-state index is -0.823. The normalized spacial score (nSPS) is 30.1. The number of aliphatic carboxylic acids is 1. The summed E-state index contributed by atoms with van der Waals surface area (Å²) in [6.07, 6.45) is 2.02. The van der Waals surface area contributed by atoms with E-state index in [1.807, 2.05) is 0 Å². The topological polar surface area (TPSA) is 58.6 Å². The minimum absolute atomic E-state index is 0.213. The van der Waals surface area contributed by atoms with Gasteiger partial charge in [0.1, 0.15) is 6.04 Å². The molecule has 2 N–H and O–H groups in total. The van der Waals surface area contributed by atoms with Crippen molar-refractivity contribution in [3.8, 4) is 0 Å². The van der Waals surface area contributed by atoms with Crippen molar-refractivity contribution in [1.82, 2.24) is 5.32 Å². The number of hydrogen-bond donors (Lipinski definition) is 2. The van der Waals surface area contributed by atoms with Crippen molar-refractivity contribution in [2.24, 2.45) is 0 Å². The van der Waals surface area contributed by atoms with Crippen molar-refractivity contribution in [2.45, 2.75) is 31.8 Å². The second kappa shape index (κ2) is 4.42. The lowest BCUT2D eigenvalue weighted by Gasteiger charge is -2.28. The summed E-state index contributed by atoms with van der Waals surface area (Å²) in [5, 5.41) is 11.7. The van der Waals surface area contributed by atoms with E-state index in [1.54, 1.807) is 0 Å². The highest BCUT2D eigenvalue weighted by Crippen LogP contribution is 2.05. The van der Waals surface area contributed by atoms with Crippen LogP contribution in [-0.2, 0) is 9.53 Å². The Hall–Kier alpha value is -0.610. The molecule has 0 aromatic rings. The Morgan fingerprint density at radius 2 is 2.42 bits per heavy atom. The van der Waals surface area contributed by atoms with E-state index in [2.05, 4.69) is 12.2 Å². The summed E-state index contributed by atoms with van der Waals surface area (Å²) < 4.78 is 5.17. The van der Waals surface area contributed by atoms with Gasteiger partial charge < -0.3 is 9.84 Å². The van der Waals surface area contributed by atoms with E-state index in [0.717, 1.165) is 12.8 Å². The molecule has 4 heteroatoms. The SMILES string of the molecule is CCCC1COCC(C(=O)O)N1. The Kier molecular flexibility index (Phi) is 3.49. The number of carboxylic acid groups (broad SMARTS) is 1. The quantitative estimate of drug-likeness (QED) is 0.641. The van der Waals surface area contributed by atoms with Gasteiger partial charge in [-0.2, -0.15) is 0 Å². The van der Waals surface area contributed by atoms with Gasteiger partial charge in [-0.15, -0.1) is 0 Å². The highest BCUT2D eigenvalue weighted by molar-refractivity contribution is 5.73. The second-order valence-corrected chi connectivity index (χ2v) is 3.08. The first-order valence-corrected chi connectivity index (χ1v) is 4.30. The summed E-state index contributed by atoms with van der Waals surface area (Å²) >= 11 is 0. The number of rotatable bonds is 3. The van der Waals surface area contributed by atoms with Crippen molar-refractivity contribution < 1.29 is 14.6 Å². The maximum Gasteiger partial charge on any atom is 0.323 e. The molecule has 1 saturated heterocycles. The molecule has 0 spiro atoms. The predicted molar refractivity (Wildman–Crippen MR) is 44.1 cm³/mol. The highest BCUT2D eigenvalue weighted by Gasteiger charge is 2.25. The van der Waals surface area contributed by atoms with Crippen LogP contribution in [0.5, 0.6) is 0 Å². The van der Waals surface area contributed by atoms with Gasteiger partial charge >= 0.3 is 5.97 Å². The van der Waals surface area contributed by atoms with Gasteiger partial charge in [0.25, 0.3) is 0 Å². The largest absolute Gasteiger partial charge is 0.480 e. The number of carbonyl (C=O) groups is 1. The molecular weight excluding hydrogens is 158 g/mol. The average molecular weight is 173 g/mol. The fourth-order valence-electron chi connectivity index (χ4n) is 1.37. The lowest BCUT2D eigenvalue weighted by atomic mass is 10.1. The van der Waals surface area contributed by atoms with E-state index in [1.165, 1.54) is 0 Å². The van der Waals surface area contributed by atoms with Crippen LogP contribution < -0.4 is 5.32 Å². The monoisotopic (exact) mass is 173 g/mol. The van der Waals surface area contributed by atoms with Gasteiger partial charge in [0.2, 0.25) is 0 Å². The number of hydrogen-bond acceptors (Lipinski definition) is 3. The molecule has 12 heavy (non-hydrogen) atoms. The lowest BCUT2D eigenvalue weighted by molar-refractivity contribution is -0.143. The van der Waals surface area contributed by atoms with E-state index in [9.17, 15) is 4.79 Å². The molecular formula is C8H15NO3. The van der Waals surface area contributed by atoms with Gasteiger partial charge in [0.05, 0.1) is 13.2 Å². The molecule has 0 bridgehead atoms. The second-order valence-electron chi connectivity index (χ2n) is 3.08. The van der Waals surface area contributed by atoms with Crippen molar-refractivity contribution in [1.29, 1.82) is 0 Å². The molecule has 1 heterocycles. The lowest BCUT2D eigenvalue weighted by Crippen LogP contribution is -2.52. The summed E-state index contributed by atoms with van der Waals surface area (Å²) in [5.41, 5.74) is 0. The molecule has 0 amide bonds. The third kappa shape index (κ3) is 2.46. The third-order valence-electron chi connectivity index (χ3n) is 1.98. The van der Waals surface area contributed by atoms with Crippen molar-refractivity contribution >= 4 is 5.97 Å². The van der Waals surface area contributed by atoms with E-state index in [4.69, 9.17) is 9.84 Å². The van der Waals surface area contributed by atoms with E-state index < -0.39 is 12.0 Å². The fourth-order valence-corrected chi connectivity index (χ4v) is 1.37. The van der Waals surface area contributed by atoms with E-state index in [0.29, 0.717) is 6.61 Å². The van der Waals surface area contributed by atoms with Crippen molar-refractivity contribution in [3.63, 3.8) is 0 Å². The molecule has 1 aliphatic heterocycles. The summed E-state index contributed by atoms with van der Waals surface area (Å²) in [7, 11) is 0. The van der Waals surface area contributed by atoms with Crippen LogP contribution in [0.25, 0.3) is 0 Å². The molecule has 0 aromatic carbocycles. The molecule has 2 atom stereocenters. The summed E-state index contributed by atoms with van der Waals surface area (Å²) in [6, 6.07) is -0.305. The highest BCUT2D eigenvalue weighted by atomic mass is 16.5. The maximum atomic E-state index is 10.6. The van der Waals surface area contributed by atoms with Gasteiger partial charge in [-0.05, 0) is 6.42 Å². The van der Waals surface area contributed by atoms with E-state index in [-0.39, 0.29) is 12.6 Å². The van der Waals surface area contributed by atoms with Gasteiger partial charge in [-0.3, -0.25) is 10.1 Å². The summed E-state index contributed by atoms with van der Waals surface area (Å²) in [5.74, 6) is -0.823. The Morgan fingerprint density at radius 1 is 1.67 bits per heavy atom. The minimum Gasteiger partial charge on any atom is -0.480 e. The van der Waals surface area contributed by atoms with Crippen LogP contribution in [-0.4, -0.2) is 36.4 Å². The van der Waals surface area contributed by atoms with Crippen molar-refractivity contribution in [2.75, 3.05) is 13.2 Å². The summed E-state index contributed by atoms with van der Waals surface area (Å²) in [6.45, 7) is 3.00. The van der Waals surface area contributed by atoms with E-state index >= 15 is 0 Å². The zero-order chi connectivity index (χ0) is 8.97. The first-order chi connectivity index (χ1) is 5.74. The van der Waals surface area contributed by atoms with Gasteiger partial charge in [0, 0.05) is 6.04 Å². The number of ether oxygens (including phenoxy) is 1. The molecule has 1 fully saturated rings. The Labute approximate surface area is 71.9 Å². The predicted octanol–water partition coefficient (Wildman–Crippen LogP) is 0.228. The molecule has 1 aliphatic rings. The number of nitrogens with one attached hydrogen (secondary N) is 1. The standard InChI is InChI=1S/C8H15NO3/c1-2-3-6-4-12-5-7(9-6)8(10)11/h6-7,9H,2-5H2,1H3,(H,10,11). The molecule has 0 saturated carbocycles. The van der Waals surface area contributed by atoms with Gasteiger partial charge in [0.15, 0.2) is 0 Å². The molecule has 0 radical (unpaired) electrons. The molecule has 70 valence electrons. The smallest absolute Gasteiger partial charge is 0.323 e. The Bertz CT molecular complexity index is 158. The van der Waals surface area contributed by atoms with Crippen LogP contribution >= 0.6 is 0 Å². The molecule has 4 nitrogen and oxygen atoms in total. The number of carboxylic acids is 1. The zero-order valence-electron chi connectivity index (χ0n) is 7.25. The fraction of sp³-hybridized carbons (Fsp3) is 0.875. The molecule has 0 aliphatic carbocycles. The Morgan fingerprint density at radius 3 is 3.00 bits per heavy atom. The van der Waals surface area contributed by atoms with Crippen LogP contribution in [0.2, 0.25) is 0 Å².